The number of carbonyl (C=O) groups excluding carboxylic acids is 9. The number of esters is 1. The van der Waals surface area contributed by atoms with Crippen LogP contribution in [0.15, 0.2) is 93.0 Å². The summed E-state index contributed by atoms with van der Waals surface area (Å²) in [6.45, 7) is 9.79. The molecule has 0 radical (unpaired) electrons. The van der Waals surface area contributed by atoms with E-state index in [2.05, 4.69) is 92.8 Å². The van der Waals surface area contributed by atoms with Crippen LogP contribution in [0.3, 0.4) is 0 Å². The molecule has 1 saturated carbocycles. The van der Waals surface area contributed by atoms with Gasteiger partial charge in [-0.2, -0.15) is 23.5 Å². The number of likely N-dealkylation sites (N-methyl/N-ethyl adjacent to an activating group) is 2. The number of aryl methyl sites for hydroxylation is 2. The highest BCUT2D eigenvalue weighted by molar-refractivity contribution is 8.04. The number of fused-ring (bicyclic) bond motifs is 8. The number of nitrogens with one attached hydrogen (secondary N) is 7. The molecule has 4 unspecified atom stereocenters. The van der Waals surface area contributed by atoms with E-state index >= 15 is 4.39 Å². The molecule has 11 rings (SSSR count). The summed E-state index contributed by atoms with van der Waals surface area (Å²) in [5.74, 6) is -2.26. The molecule has 638 valence electrons. The third kappa shape index (κ3) is 22.8. The van der Waals surface area contributed by atoms with Crippen molar-refractivity contribution in [1.29, 1.82) is 0 Å². The second-order valence-electron chi connectivity index (χ2n) is 31.1. The van der Waals surface area contributed by atoms with Gasteiger partial charge in [0.25, 0.3) is 11.5 Å². The van der Waals surface area contributed by atoms with Crippen LogP contribution in [0, 0.1) is 12.7 Å². The Hall–Kier alpha value is -9.28. The van der Waals surface area contributed by atoms with Crippen molar-refractivity contribution in [2.24, 2.45) is 5.73 Å². The van der Waals surface area contributed by atoms with Gasteiger partial charge in [-0.3, -0.25) is 43.7 Å². The minimum Gasteiger partial charge on any atom is -0.457 e. The zero-order valence-electron chi connectivity index (χ0n) is 68.7. The average molecular weight is 1670 g/mol. The molecule has 4 aliphatic carbocycles. The highest BCUT2D eigenvalue weighted by Crippen LogP contribution is 2.48. The van der Waals surface area contributed by atoms with E-state index in [1.807, 2.05) is 13.0 Å². The number of halogens is 1. The van der Waals surface area contributed by atoms with Crippen molar-refractivity contribution >= 4 is 87.8 Å². The summed E-state index contributed by atoms with van der Waals surface area (Å²) in [6.07, 6.45) is 16.8. The van der Waals surface area contributed by atoms with Crippen LogP contribution in [0.5, 0.6) is 0 Å². The lowest BCUT2D eigenvalue weighted by Crippen LogP contribution is -2.50. The number of pyridine rings is 2. The molecule has 2 aromatic heterocycles. The highest BCUT2D eigenvalue weighted by Gasteiger charge is 2.51. The van der Waals surface area contributed by atoms with Gasteiger partial charge >= 0.3 is 12.1 Å². The minimum absolute atomic E-state index is 0.0286. The zero-order valence-corrected chi connectivity index (χ0v) is 70.3. The van der Waals surface area contributed by atoms with Crippen molar-refractivity contribution in [3.05, 3.63) is 154 Å². The Balaban J connectivity index is 0.510. The molecule has 1 saturated heterocycles. The quantitative estimate of drug-likeness (QED) is 0.0116. The molecule has 5 heterocycles. The predicted octanol–water partition coefficient (Wildman–Crippen LogP) is 6.80. The van der Waals surface area contributed by atoms with Crippen LogP contribution < -0.4 is 48.5 Å². The Labute approximate surface area is 696 Å². The molecular formula is C86H113FN12O17S2. The van der Waals surface area contributed by atoms with Gasteiger partial charge in [-0.15, -0.1) is 0 Å². The second kappa shape index (κ2) is 42.6. The van der Waals surface area contributed by atoms with Crippen molar-refractivity contribution in [2.75, 3.05) is 131 Å². The standard InChI is InChI=1S/C86H113FN12O17S2/c1-8-86(64-40-69-80-61(47-99(69)83(108)62(64)48-115-84(86)109)79-67(26-25-59-54(5)65(87)41-68(95-80)78(59)79)96-82(107)56-13-12-14-66(88)53(4)19-21-56)116-85(110)98(7)30-29-97(6)77(105)46-94-76(104)45-93-75(103)44-92-74(102)43-91-73(101)42-90-72(100)27-31-111-33-35-113-37-38-114-36-34-112-32-28-89-81(106)57-24-23-55-20-17-52(3)63-50-118-71-16-11-9-10-15-70(71)117-49-58(63)22-18-51(2)60(55)39-57/h12-14,22-24,39-41,51,67,70-71,75,93,103H,8-11,15-21,25-38,42-50,88H2,1-7H3,(H,89,106)(H,90,100)(H,91,101)(H,92,102)(H,94,104)(H,96,107)/b14-12-,56-13+,58-22+,63-52+,66-53-/t51?,67-,70?,71?,75?,86-/m1/s1. The molecular weight excluding hydrogens is 1560 g/mol. The van der Waals surface area contributed by atoms with Crippen molar-refractivity contribution in [3.8, 4) is 11.4 Å². The molecule has 2 aromatic carbocycles. The third-order valence-electron chi connectivity index (χ3n) is 23.1. The fraction of sp³-hybridized carbons (Fsp3) is 0.547. The normalized spacial score (nSPS) is 22.2. The number of benzene rings is 2. The van der Waals surface area contributed by atoms with Crippen molar-refractivity contribution in [1.82, 2.24) is 56.6 Å². The lowest BCUT2D eigenvalue weighted by Gasteiger charge is -2.36. The number of nitrogens with zero attached hydrogens (tertiary/aromatic N) is 4. The highest BCUT2D eigenvalue weighted by atomic mass is 32.2. The number of amides is 8. The summed E-state index contributed by atoms with van der Waals surface area (Å²) in [5.41, 5.74) is 17.3. The smallest absolute Gasteiger partial charge is 0.411 e. The molecule has 29 nitrogen and oxygen atoms in total. The largest absolute Gasteiger partial charge is 0.457 e. The van der Waals surface area contributed by atoms with Crippen LogP contribution in [0.25, 0.3) is 22.3 Å². The lowest BCUT2D eigenvalue weighted by molar-refractivity contribution is -0.173. The molecule has 6 atom stereocenters. The molecule has 8 amide bonds. The van der Waals surface area contributed by atoms with Crippen molar-refractivity contribution < 1.29 is 81.1 Å². The topological polar surface area (TPSA) is 381 Å². The Kier molecular flexibility index (Phi) is 32.3. The summed E-state index contributed by atoms with van der Waals surface area (Å²) >= 11 is 4.38. The maximum absolute atomic E-state index is 15.7. The number of aliphatic hydroxyl groups excluding tert-OH is 1. The first-order chi connectivity index (χ1) is 56.8. The maximum Gasteiger partial charge on any atom is 0.411 e. The summed E-state index contributed by atoms with van der Waals surface area (Å²) in [5, 5.41) is 31.0. The van der Waals surface area contributed by atoms with Gasteiger partial charge < -0.3 is 85.5 Å². The third-order valence-corrected chi connectivity index (χ3v) is 26.2. The molecule has 0 spiro atoms. The van der Waals surface area contributed by atoms with Crippen LogP contribution in [0.1, 0.15) is 172 Å². The number of aromatic nitrogens is 2. The second-order valence-corrected chi connectivity index (χ2v) is 33.6. The SMILES string of the molecule is CC[C@]1(OC(=O)N(C)CCN(C)C(=O)CNC(=O)CNC(O)CNC(=O)CNC(=O)CNC(=O)CCOCCOCCOCCOCCNC(=O)c2ccc3c(c2)C(C)C/C=C2\CSC4CCCCCC4SC\C2=C(\C)CC3)C(=O)OCc2c1cc1n(c2=O)Cc2c-1nc1cc(F)c(C)c3c1c2[C@H](NC(=O)/C1=C/C=C\C(N)=C(/C)CC1)CC3. The minimum atomic E-state index is -2.11. The van der Waals surface area contributed by atoms with Crippen molar-refractivity contribution in [2.45, 2.75) is 172 Å². The van der Waals surface area contributed by atoms with E-state index < -0.39 is 104 Å². The molecule has 3 aliphatic heterocycles. The summed E-state index contributed by atoms with van der Waals surface area (Å²) in [4.78, 5) is 140. The number of nitrogens with two attached hydrogens (primary N) is 1. The first kappa shape index (κ1) is 89.5. The van der Waals surface area contributed by atoms with Crippen LogP contribution in [0.4, 0.5) is 9.18 Å². The fourth-order valence-electron chi connectivity index (χ4n) is 15.8. The lowest BCUT2D eigenvalue weighted by atomic mass is 9.81. The number of cyclic esters (lactones) is 1. The Morgan fingerprint density at radius 2 is 1.41 bits per heavy atom. The Morgan fingerprint density at radius 1 is 0.737 bits per heavy atom. The number of hydrogen-bond acceptors (Lipinski definition) is 22. The molecule has 0 bridgehead atoms. The van der Waals surface area contributed by atoms with E-state index in [-0.39, 0.29) is 81.8 Å². The predicted molar refractivity (Wildman–Crippen MR) is 447 cm³/mol. The monoisotopic (exact) mass is 1670 g/mol. The zero-order chi connectivity index (χ0) is 84.2. The van der Waals surface area contributed by atoms with Gasteiger partial charge in [0, 0.05) is 102 Å². The number of allylic oxidation sites excluding steroid dienone is 6. The number of hydrogen-bond donors (Lipinski definition) is 9. The first-order valence-electron chi connectivity index (χ1n) is 41.0. The first-order valence-corrected chi connectivity index (χ1v) is 43.1. The van der Waals surface area contributed by atoms with Gasteiger partial charge in [-0.1, -0.05) is 68.6 Å². The summed E-state index contributed by atoms with van der Waals surface area (Å²) < 4.78 is 51.2. The van der Waals surface area contributed by atoms with Crippen LogP contribution in [-0.4, -0.2) is 225 Å². The van der Waals surface area contributed by atoms with Crippen molar-refractivity contribution in [3.63, 3.8) is 0 Å². The number of ether oxygens (including phenoxy) is 6. The molecule has 4 aromatic rings. The van der Waals surface area contributed by atoms with E-state index in [0.717, 1.165) is 57.3 Å². The molecule has 32 heteroatoms. The number of aliphatic hydroxyl groups is 1. The van der Waals surface area contributed by atoms with Gasteiger partial charge in [0.15, 0.2) is 0 Å². The Bertz CT molecular complexity index is 4660. The number of rotatable bonds is 34. The Morgan fingerprint density at radius 3 is 2.14 bits per heavy atom. The summed E-state index contributed by atoms with van der Waals surface area (Å²) in [6, 6.07) is 8.58. The van der Waals surface area contributed by atoms with E-state index in [9.17, 15) is 53.1 Å². The average Bonchev–Trinajstić information content (AvgIpc) is 1.52. The van der Waals surface area contributed by atoms with Crippen LogP contribution in [0.2, 0.25) is 0 Å². The molecule has 118 heavy (non-hydrogen) atoms. The summed E-state index contributed by atoms with van der Waals surface area (Å²) in [7, 11) is 2.83. The fourth-order valence-corrected chi connectivity index (χ4v) is 19.1. The maximum atomic E-state index is 15.7. The van der Waals surface area contributed by atoms with E-state index in [1.165, 1.54) is 84.0 Å². The van der Waals surface area contributed by atoms with Gasteiger partial charge in [-0.05, 0) is 154 Å². The number of carbonyl (C=O) groups is 9. The number of thioether (sulfide) groups is 2. The molecule has 7 aliphatic rings. The molecule has 10 N–H and O–H groups in total. The van der Waals surface area contributed by atoms with Gasteiger partial charge in [-0.25, -0.2) is 19.0 Å². The molecule has 2 fully saturated rings. The van der Waals surface area contributed by atoms with Gasteiger partial charge in [0.2, 0.25) is 41.0 Å². The van der Waals surface area contributed by atoms with E-state index in [4.69, 9.17) is 39.1 Å². The van der Waals surface area contributed by atoms with Gasteiger partial charge in [0.1, 0.15) is 18.7 Å². The van der Waals surface area contributed by atoms with Crippen LogP contribution in [-0.2, 0) is 93.6 Å². The van der Waals surface area contributed by atoms with E-state index in [1.54, 1.807) is 43.7 Å². The van der Waals surface area contributed by atoms with Gasteiger partial charge in [0.05, 0.1) is 121 Å². The van der Waals surface area contributed by atoms with Crippen LogP contribution >= 0.6 is 23.5 Å². The van der Waals surface area contributed by atoms with E-state index in [0.29, 0.717) is 127 Å².